The molecular formula is C16H12ClF2NO3. The van der Waals surface area contributed by atoms with Gasteiger partial charge in [-0.2, -0.15) is 0 Å². The highest BCUT2D eigenvalue weighted by Gasteiger charge is 2.27. The van der Waals surface area contributed by atoms with E-state index in [1.807, 2.05) is 0 Å². The molecule has 23 heavy (non-hydrogen) atoms. The molecule has 3 aromatic rings. The van der Waals surface area contributed by atoms with Gasteiger partial charge in [-0.15, -0.1) is 0 Å². The number of halogens is 3. The molecular weight excluding hydrogens is 328 g/mol. The van der Waals surface area contributed by atoms with Gasteiger partial charge in [0, 0.05) is 5.39 Å². The summed E-state index contributed by atoms with van der Waals surface area (Å²) in [4.78, 5) is 3.85. The van der Waals surface area contributed by atoms with Crippen LogP contribution in [-0.4, -0.2) is 17.2 Å². The predicted molar refractivity (Wildman–Crippen MR) is 80.7 cm³/mol. The second-order valence-corrected chi connectivity index (χ2v) is 5.42. The van der Waals surface area contributed by atoms with Crippen LogP contribution in [0.15, 0.2) is 28.8 Å². The van der Waals surface area contributed by atoms with Gasteiger partial charge in [0.15, 0.2) is 17.1 Å². The Kier molecular flexibility index (Phi) is 3.95. The fourth-order valence-electron chi connectivity index (χ4n) is 2.37. The van der Waals surface area contributed by atoms with E-state index in [4.69, 9.17) is 20.8 Å². The molecule has 4 nitrogen and oxygen atoms in total. The summed E-state index contributed by atoms with van der Waals surface area (Å²) in [6.45, 7) is 1.45. The van der Waals surface area contributed by atoms with E-state index in [0.717, 1.165) is 0 Å². The van der Waals surface area contributed by atoms with Gasteiger partial charge in [-0.1, -0.05) is 11.6 Å². The Hall–Kier alpha value is -2.18. The largest absolute Gasteiger partial charge is 0.494 e. The molecule has 1 unspecified atom stereocenters. The third-order valence-electron chi connectivity index (χ3n) is 3.54. The van der Waals surface area contributed by atoms with Crippen LogP contribution in [0, 0.1) is 18.6 Å². The molecule has 7 heteroatoms. The van der Waals surface area contributed by atoms with Crippen molar-refractivity contribution in [1.29, 1.82) is 0 Å². The quantitative estimate of drug-likeness (QED) is 0.728. The molecule has 0 aliphatic heterocycles. The highest BCUT2D eigenvalue weighted by atomic mass is 35.5. The summed E-state index contributed by atoms with van der Waals surface area (Å²) < 4.78 is 39.0. The summed E-state index contributed by atoms with van der Waals surface area (Å²) in [6, 6.07) is 4.21. The molecule has 0 amide bonds. The number of aliphatic hydroxyl groups excluding tert-OH is 1. The number of pyridine rings is 1. The second kappa shape index (κ2) is 5.79. The topological polar surface area (TPSA) is 55.5 Å². The third-order valence-corrected chi connectivity index (χ3v) is 3.74. The van der Waals surface area contributed by atoms with Crippen molar-refractivity contribution in [3.05, 3.63) is 58.1 Å². The van der Waals surface area contributed by atoms with Crippen molar-refractivity contribution in [2.45, 2.75) is 13.0 Å². The molecule has 3 rings (SSSR count). The van der Waals surface area contributed by atoms with Crippen molar-refractivity contribution in [3.63, 3.8) is 0 Å². The zero-order valence-electron chi connectivity index (χ0n) is 12.2. The van der Waals surface area contributed by atoms with Gasteiger partial charge in [-0.3, -0.25) is 0 Å². The summed E-state index contributed by atoms with van der Waals surface area (Å²) >= 11 is 5.78. The number of nitrogens with zero attached hydrogens (tertiary/aromatic N) is 1. The lowest BCUT2D eigenvalue weighted by atomic mass is 10.0. The molecule has 0 saturated carbocycles. The van der Waals surface area contributed by atoms with Crippen LogP contribution in [0.1, 0.15) is 23.0 Å². The fraction of sp³-hybridized carbons (Fsp3) is 0.188. The molecule has 0 bridgehead atoms. The minimum Gasteiger partial charge on any atom is -0.494 e. The van der Waals surface area contributed by atoms with Gasteiger partial charge in [0.05, 0.1) is 18.9 Å². The first-order valence-electron chi connectivity index (χ1n) is 6.68. The average Bonchev–Trinajstić information content (AvgIpc) is 2.94. The fourth-order valence-corrected chi connectivity index (χ4v) is 2.54. The smallest absolute Gasteiger partial charge is 0.174 e. The first-order valence-corrected chi connectivity index (χ1v) is 7.05. The summed E-state index contributed by atoms with van der Waals surface area (Å²) in [5.74, 6) is -2.00. The molecule has 0 aliphatic rings. The second-order valence-electron chi connectivity index (χ2n) is 5.03. The Bertz CT molecular complexity index is 895. The molecule has 0 fully saturated rings. The lowest BCUT2D eigenvalue weighted by molar-refractivity contribution is 0.180. The maximum atomic E-state index is 14.4. The Morgan fingerprint density at radius 3 is 2.70 bits per heavy atom. The first-order chi connectivity index (χ1) is 10.9. The minimum atomic E-state index is -1.63. The number of methoxy groups -OCH3 is 1. The van der Waals surface area contributed by atoms with Crippen LogP contribution in [0.3, 0.4) is 0 Å². The van der Waals surface area contributed by atoms with Crippen LogP contribution < -0.4 is 4.74 Å². The van der Waals surface area contributed by atoms with Gasteiger partial charge < -0.3 is 14.3 Å². The molecule has 0 radical (unpaired) electrons. The van der Waals surface area contributed by atoms with E-state index in [0.29, 0.717) is 11.0 Å². The van der Waals surface area contributed by atoms with E-state index in [1.165, 1.54) is 38.4 Å². The van der Waals surface area contributed by atoms with E-state index < -0.39 is 23.3 Å². The number of benzene rings is 1. The van der Waals surface area contributed by atoms with Crippen LogP contribution >= 0.6 is 11.6 Å². The van der Waals surface area contributed by atoms with Crippen LogP contribution in [0.2, 0.25) is 5.15 Å². The summed E-state index contributed by atoms with van der Waals surface area (Å²) in [5.41, 5.74) is -0.0260. The third kappa shape index (κ3) is 2.64. The molecule has 0 aliphatic carbocycles. The Balaban J connectivity index is 2.15. The highest BCUT2D eigenvalue weighted by molar-refractivity contribution is 6.30. The van der Waals surface area contributed by atoms with Crippen LogP contribution in [0.4, 0.5) is 8.78 Å². The number of furan rings is 1. The van der Waals surface area contributed by atoms with Gasteiger partial charge >= 0.3 is 0 Å². The van der Waals surface area contributed by atoms with E-state index in [9.17, 15) is 13.9 Å². The SMILES string of the molecule is COc1cc(C)c(F)c(C(O)c2cc3cc(Cl)ncc3o2)c1F. The zero-order valence-corrected chi connectivity index (χ0v) is 13.0. The van der Waals surface area contributed by atoms with Crippen LogP contribution in [0.25, 0.3) is 11.0 Å². The lowest BCUT2D eigenvalue weighted by Crippen LogP contribution is -2.08. The van der Waals surface area contributed by atoms with Gasteiger partial charge in [0.1, 0.15) is 22.8 Å². The van der Waals surface area contributed by atoms with Crippen molar-refractivity contribution in [2.75, 3.05) is 7.11 Å². The number of rotatable bonds is 3. The maximum absolute atomic E-state index is 14.4. The standard InChI is InChI=1S/C16H12ClF2NO3/c1-7-3-9(22-2)15(19)13(14(7)18)16(21)10-4-8-5-12(17)20-6-11(8)23-10/h3-6,16,21H,1-2H3. The van der Waals surface area contributed by atoms with E-state index >= 15 is 0 Å². The van der Waals surface area contributed by atoms with Gasteiger partial charge in [-0.25, -0.2) is 13.8 Å². The number of hydrogen-bond acceptors (Lipinski definition) is 4. The Labute approximate surface area is 135 Å². The predicted octanol–water partition coefficient (Wildman–Crippen LogP) is 4.16. The number of hydrogen-bond donors (Lipinski definition) is 1. The number of fused-ring (bicyclic) bond motifs is 1. The molecule has 120 valence electrons. The van der Waals surface area contributed by atoms with Gasteiger partial charge in [0.2, 0.25) is 0 Å². The van der Waals surface area contributed by atoms with Gasteiger partial charge in [0.25, 0.3) is 0 Å². The molecule has 1 N–H and O–H groups in total. The van der Waals surface area contributed by atoms with Crippen LogP contribution in [0.5, 0.6) is 5.75 Å². The number of aliphatic hydroxyl groups is 1. The molecule has 1 atom stereocenters. The Morgan fingerprint density at radius 2 is 2.00 bits per heavy atom. The van der Waals surface area contributed by atoms with Gasteiger partial charge in [-0.05, 0) is 30.7 Å². The minimum absolute atomic E-state index is 0.0190. The first kappa shape index (κ1) is 15.7. The molecule has 0 saturated heterocycles. The highest BCUT2D eigenvalue weighted by Crippen LogP contribution is 2.35. The number of ether oxygens (including phenoxy) is 1. The van der Waals surface area contributed by atoms with Crippen molar-refractivity contribution in [1.82, 2.24) is 4.98 Å². The van der Waals surface area contributed by atoms with E-state index in [2.05, 4.69) is 4.98 Å². The average molecular weight is 340 g/mol. The molecule has 2 aromatic heterocycles. The summed E-state index contributed by atoms with van der Waals surface area (Å²) in [5, 5.41) is 11.2. The van der Waals surface area contributed by atoms with Crippen molar-refractivity contribution in [2.24, 2.45) is 0 Å². The summed E-state index contributed by atoms with van der Waals surface area (Å²) in [7, 11) is 1.26. The lowest BCUT2D eigenvalue weighted by Gasteiger charge is -2.14. The molecule has 2 heterocycles. The number of aryl methyl sites for hydroxylation is 1. The monoisotopic (exact) mass is 339 g/mol. The van der Waals surface area contributed by atoms with Crippen molar-refractivity contribution < 1.29 is 23.0 Å². The zero-order chi connectivity index (χ0) is 16.7. The summed E-state index contributed by atoms with van der Waals surface area (Å²) in [6.07, 6.45) is -0.257. The van der Waals surface area contributed by atoms with Crippen molar-refractivity contribution >= 4 is 22.6 Å². The molecule has 0 spiro atoms. The maximum Gasteiger partial charge on any atom is 0.174 e. The van der Waals surface area contributed by atoms with E-state index in [-0.39, 0.29) is 22.2 Å². The number of aromatic nitrogens is 1. The molecule has 1 aromatic carbocycles. The van der Waals surface area contributed by atoms with Crippen LogP contribution in [-0.2, 0) is 0 Å². The Morgan fingerprint density at radius 1 is 1.26 bits per heavy atom. The van der Waals surface area contributed by atoms with E-state index in [1.54, 1.807) is 0 Å². The normalized spacial score (nSPS) is 12.6. The van der Waals surface area contributed by atoms with Crippen molar-refractivity contribution in [3.8, 4) is 5.75 Å².